The maximum atomic E-state index is 12.2. The number of unbranched alkanes of at least 4 members (excludes halogenated alkanes) is 4. The van der Waals surface area contributed by atoms with Crippen LogP contribution in [0.25, 0.3) is 0 Å². The van der Waals surface area contributed by atoms with Crippen molar-refractivity contribution >= 4 is 11.9 Å². The van der Waals surface area contributed by atoms with Gasteiger partial charge in [0.25, 0.3) is 0 Å². The van der Waals surface area contributed by atoms with Crippen LogP contribution >= 0.6 is 0 Å². The third-order valence-corrected chi connectivity index (χ3v) is 7.07. The van der Waals surface area contributed by atoms with E-state index < -0.39 is 79.3 Å². The summed E-state index contributed by atoms with van der Waals surface area (Å²) in [5, 5.41) is 69.9. The Morgan fingerprint density at radius 1 is 0.867 bits per heavy atom. The molecule has 13 nitrogen and oxygen atoms in total. The van der Waals surface area contributed by atoms with Crippen LogP contribution in [0.2, 0.25) is 0 Å². The summed E-state index contributed by atoms with van der Waals surface area (Å²) in [5.74, 6) is -4.06. The zero-order valence-corrected chi connectivity index (χ0v) is 25.6. The van der Waals surface area contributed by atoms with Crippen molar-refractivity contribution in [2.24, 2.45) is 0 Å². The number of aliphatic hydroxyl groups is 7. The lowest BCUT2D eigenvalue weighted by Crippen LogP contribution is -2.59. The zero-order chi connectivity index (χ0) is 33.2. The van der Waals surface area contributed by atoms with E-state index in [-0.39, 0.29) is 6.42 Å². The molecule has 8 atom stereocenters. The molecule has 2 unspecified atom stereocenters. The van der Waals surface area contributed by atoms with Crippen molar-refractivity contribution in [2.75, 3.05) is 6.61 Å². The van der Waals surface area contributed by atoms with Crippen molar-refractivity contribution in [2.45, 2.75) is 120 Å². The highest BCUT2D eigenvalue weighted by molar-refractivity contribution is 5.89. The molecular formula is C32H48O13. The number of hydrogen-bond acceptors (Lipinski definition) is 13. The molecule has 0 aromatic heterocycles. The first kappa shape index (κ1) is 38.1. The molecule has 45 heavy (non-hydrogen) atoms. The standard InChI is InChI=1S/C32H48O13/c1-2-3-4-5-6-7-8-9-10-11-12-13-14-15-16-17-18-19-22(34)43-30(40)27(39)28-26(38)29(31(41)44-28)45-32-25(37)24(36)23(35)21(20-33)42-32/h6-7,9-10,12-13,15-16,21,23-25,27-28,30,32-33,35-40H,2-5,8,11,14,17-20H2,1H3/b7-6-,10-9-,13-12-,16-15-/t21-,23-,24+,25-,27-,28+,30?,32?/m1/s1. The Kier molecular flexibility index (Phi) is 17.7. The van der Waals surface area contributed by atoms with E-state index in [2.05, 4.69) is 37.3 Å². The fraction of sp³-hybridized carbons (Fsp3) is 0.625. The molecule has 0 aromatic carbocycles. The fourth-order valence-corrected chi connectivity index (χ4v) is 4.42. The van der Waals surface area contributed by atoms with Gasteiger partial charge in [0.1, 0.15) is 24.4 Å². The largest absolute Gasteiger partial charge is 0.505 e. The summed E-state index contributed by atoms with van der Waals surface area (Å²) >= 11 is 0. The number of allylic oxidation sites excluding steroid dienone is 8. The third-order valence-electron chi connectivity index (χ3n) is 7.07. The number of aliphatic hydroxyl groups excluding tert-OH is 7. The fourth-order valence-electron chi connectivity index (χ4n) is 4.42. The zero-order valence-electron chi connectivity index (χ0n) is 25.6. The van der Waals surface area contributed by atoms with Crippen LogP contribution in [-0.4, -0.2) is 103 Å². The second-order valence-corrected chi connectivity index (χ2v) is 10.7. The van der Waals surface area contributed by atoms with Gasteiger partial charge >= 0.3 is 11.9 Å². The molecule has 13 heteroatoms. The molecule has 0 bridgehead atoms. The van der Waals surface area contributed by atoms with Crippen LogP contribution in [0.3, 0.4) is 0 Å². The van der Waals surface area contributed by atoms with Gasteiger partial charge in [-0.3, -0.25) is 4.79 Å². The highest BCUT2D eigenvalue weighted by Crippen LogP contribution is 2.30. The highest BCUT2D eigenvalue weighted by Gasteiger charge is 2.49. The lowest BCUT2D eigenvalue weighted by molar-refractivity contribution is -0.291. The van der Waals surface area contributed by atoms with E-state index in [1.807, 2.05) is 18.2 Å². The third kappa shape index (κ3) is 12.7. The molecular weight excluding hydrogens is 592 g/mol. The molecule has 1 fully saturated rings. The summed E-state index contributed by atoms with van der Waals surface area (Å²) in [5.41, 5.74) is 0. The van der Waals surface area contributed by atoms with Crippen molar-refractivity contribution in [1.82, 2.24) is 0 Å². The van der Waals surface area contributed by atoms with Crippen molar-refractivity contribution in [3.8, 4) is 0 Å². The van der Waals surface area contributed by atoms with Crippen LogP contribution in [-0.2, 0) is 28.5 Å². The topological polar surface area (TPSA) is 213 Å². The van der Waals surface area contributed by atoms with Gasteiger partial charge in [0, 0.05) is 6.42 Å². The summed E-state index contributed by atoms with van der Waals surface area (Å²) in [6.45, 7) is 1.44. The van der Waals surface area contributed by atoms with E-state index in [0.717, 1.165) is 25.7 Å². The summed E-state index contributed by atoms with van der Waals surface area (Å²) in [4.78, 5) is 24.3. The molecule has 7 N–H and O–H groups in total. The smallest absolute Gasteiger partial charge is 0.378 e. The molecule has 1 saturated heterocycles. The summed E-state index contributed by atoms with van der Waals surface area (Å²) in [7, 11) is 0. The quantitative estimate of drug-likeness (QED) is 0.0439. The number of cyclic esters (lactones) is 1. The monoisotopic (exact) mass is 640 g/mol. The van der Waals surface area contributed by atoms with Gasteiger partial charge in [-0.15, -0.1) is 0 Å². The molecule has 0 spiro atoms. The minimum Gasteiger partial charge on any atom is -0.505 e. The number of rotatable bonds is 20. The number of hydrogen-bond donors (Lipinski definition) is 7. The predicted octanol–water partition coefficient (Wildman–Crippen LogP) is 1.87. The van der Waals surface area contributed by atoms with Crippen molar-refractivity contribution in [3.05, 3.63) is 60.1 Å². The number of carbonyl (C=O) groups excluding carboxylic acids is 2. The Morgan fingerprint density at radius 3 is 2.02 bits per heavy atom. The molecule has 2 aliphatic rings. The van der Waals surface area contributed by atoms with E-state index in [4.69, 9.17) is 18.9 Å². The van der Waals surface area contributed by atoms with Gasteiger partial charge in [-0.1, -0.05) is 68.4 Å². The second kappa shape index (κ2) is 20.9. The molecule has 0 radical (unpaired) electrons. The van der Waals surface area contributed by atoms with Gasteiger partial charge in [-0.2, -0.15) is 0 Å². The maximum Gasteiger partial charge on any atom is 0.378 e. The number of esters is 2. The average molecular weight is 641 g/mol. The van der Waals surface area contributed by atoms with Gasteiger partial charge in [-0.25, -0.2) is 4.79 Å². The Bertz CT molecular complexity index is 1050. The minimum absolute atomic E-state index is 0.0699. The van der Waals surface area contributed by atoms with Crippen LogP contribution in [0.1, 0.15) is 71.1 Å². The first-order valence-electron chi connectivity index (χ1n) is 15.4. The molecule has 2 aliphatic heterocycles. The Balaban J connectivity index is 1.68. The lowest BCUT2D eigenvalue weighted by Gasteiger charge is -2.39. The first-order valence-corrected chi connectivity index (χ1v) is 15.4. The average Bonchev–Trinajstić information content (AvgIpc) is 3.30. The van der Waals surface area contributed by atoms with Crippen molar-refractivity contribution in [3.63, 3.8) is 0 Å². The minimum atomic E-state index is -2.17. The Morgan fingerprint density at radius 2 is 1.44 bits per heavy atom. The van der Waals surface area contributed by atoms with Gasteiger partial charge in [-0.05, 0) is 44.9 Å². The lowest BCUT2D eigenvalue weighted by atomic mass is 9.99. The van der Waals surface area contributed by atoms with E-state index in [0.29, 0.717) is 12.8 Å². The molecule has 0 aliphatic carbocycles. The van der Waals surface area contributed by atoms with E-state index >= 15 is 0 Å². The van der Waals surface area contributed by atoms with Crippen LogP contribution in [0, 0.1) is 0 Å². The van der Waals surface area contributed by atoms with Crippen molar-refractivity contribution in [1.29, 1.82) is 0 Å². The van der Waals surface area contributed by atoms with Crippen molar-refractivity contribution < 1.29 is 64.3 Å². The first-order chi connectivity index (χ1) is 21.6. The molecule has 2 heterocycles. The van der Waals surface area contributed by atoms with Gasteiger partial charge < -0.3 is 54.7 Å². The summed E-state index contributed by atoms with van der Waals surface area (Å²) < 4.78 is 19.8. The molecule has 0 saturated carbocycles. The second-order valence-electron chi connectivity index (χ2n) is 10.7. The van der Waals surface area contributed by atoms with E-state index in [1.54, 1.807) is 0 Å². The van der Waals surface area contributed by atoms with Gasteiger partial charge in [0.2, 0.25) is 18.3 Å². The van der Waals surface area contributed by atoms with Crippen LogP contribution in [0.15, 0.2) is 60.1 Å². The molecule has 0 amide bonds. The van der Waals surface area contributed by atoms with Gasteiger partial charge in [0.15, 0.2) is 18.0 Å². The van der Waals surface area contributed by atoms with Crippen LogP contribution in [0.4, 0.5) is 0 Å². The number of carbonyl (C=O) groups is 2. The normalized spacial score (nSPS) is 27.2. The molecule has 2 rings (SSSR count). The van der Waals surface area contributed by atoms with E-state index in [9.17, 15) is 45.3 Å². The Hall–Kier alpha value is -3.04. The summed E-state index contributed by atoms with van der Waals surface area (Å²) in [6.07, 6.45) is 10.4. The maximum absolute atomic E-state index is 12.2. The van der Waals surface area contributed by atoms with Gasteiger partial charge in [0.05, 0.1) is 6.61 Å². The highest BCUT2D eigenvalue weighted by atomic mass is 16.7. The molecule has 254 valence electrons. The van der Waals surface area contributed by atoms with E-state index in [1.165, 1.54) is 19.3 Å². The van der Waals surface area contributed by atoms with Crippen LogP contribution < -0.4 is 0 Å². The molecule has 0 aromatic rings. The predicted molar refractivity (Wildman–Crippen MR) is 161 cm³/mol. The number of ether oxygens (including phenoxy) is 4. The van der Waals surface area contributed by atoms with Crippen LogP contribution in [0.5, 0.6) is 0 Å². The summed E-state index contributed by atoms with van der Waals surface area (Å²) in [6, 6.07) is 0. The SMILES string of the molecule is CCCCC/C=C\C/C=C\C/C=C\C/C=C\CCCC(=O)OC(O)[C@H](O)[C@H]1OC(=O)C(OC2O[C@H](CO)[C@@H](O)[C@H](O)[C@H]2O)=C1O. The Labute approximate surface area is 263 Å².